The lowest BCUT2D eigenvalue weighted by atomic mass is 9.96. The Bertz CT molecular complexity index is 387. The van der Waals surface area contributed by atoms with Gasteiger partial charge in [-0.1, -0.05) is 20.8 Å². The van der Waals surface area contributed by atoms with E-state index in [2.05, 4.69) is 43.0 Å². The summed E-state index contributed by atoms with van der Waals surface area (Å²) < 4.78 is 5.05. The topological polar surface area (TPSA) is 73.1 Å². The molecule has 1 heterocycles. The Balaban J connectivity index is 2.80. The van der Waals surface area contributed by atoms with Gasteiger partial charge in [-0.25, -0.2) is 9.97 Å². The average Bonchev–Trinajstić information content (AvgIpc) is 2.24. The Morgan fingerprint density at radius 2 is 2.06 bits per heavy atom. The van der Waals surface area contributed by atoms with E-state index in [9.17, 15) is 0 Å². The second-order valence-electron chi connectivity index (χ2n) is 5.58. The Hall–Kier alpha value is -1.36. The average molecular weight is 252 g/mol. The number of methoxy groups -OCH3 is 1. The summed E-state index contributed by atoms with van der Waals surface area (Å²) in [5.41, 5.74) is 5.71. The van der Waals surface area contributed by atoms with Gasteiger partial charge in [0.05, 0.1) is 0 Å². The van der Waals surface area contributed by atoms with Crippen molar-refractivity contribution in [2.24, 2.45) is 0 Å². The van der Waals surface area contributed by atoms with Crippen LogP contribution in [0.4, 0.5) is 11.6 Å². The van der Waals surface area contributed by atoms with Crippen molar-refractivity contribution in [3.8, 4) is 0 Å². The Kier molecular flexibility index (Phi) is 4.90. The molecule has 0 radical (unpaired) electrons. The highest BCUT2D eigenvalue weighted by atomic mass is 16.5. The van der Waals surface area contributed by atoms with Crippen LogP contribution in [-0.2, 0) is 10.2 Å². The number of aromatic nitrogens is 2. The molecule has 102 valence electrons. The zero-order chi connectivity index (χ0) is 13.8. The van der Waals surface area contributed by atoms with Crippen molar-refractivity contribution in [2.45, 2.75) is 45.6 Å². The van der Waals surface area contributed by atoms with Crippen molar-refractivity contribution in [3.05, 3.63) is 11.9 Å². The molecule has 5 nitrogen and oxygen atoms in total. The summed E-state index contributed by atoms with van der Waals surface area (Å²) in [5, 5.41) is 3.32. The minimum Gasteiger partial charge on any atom is -0.385 e. The highest BCUT2D eigenvalue weighted by Crippen LogP contribution is 2.21. The standard InChI is InChI=1S/C13H24N4O/c1-9(6-7-18-5)15-11-8-10(14)16-12(17-11)13(2,3)4/h8-9H,6-7H2,1-5H3,(H3,14,15,16,17). The molecule has 0 aliphatic rings. The lowest BCUT2D eigenvalue weighted by molar-refractivity contribution is 0.191. The minimum absolute atomic E-state index is 0.110. The SMILES string of the molecule is COCCC(C)Nc1cc(N)nc(C(C)(C)C)n1. The first-order valence-corrected chi connectivity index (χ1v) is 6.23. The lowest BCUT2D eigenvalue weighted by Crippen LogP contribution is -2.22. The second-order valence-corrected chi connectivity index (χ2v) is 5.58. The molecule has 1 atom stereocenters. The smallest absolute Gasteiger partial charge is 0.138 e. The van der Waals surface area contributed by atoms with Crippen molar-refractivity contribution in [1.82, 2.24) is 9.97 Å². The van der Waals surface area contributed by atoms with Gasteiger partial charge in [-0.05, 0) is 13.3 Å². The van der Waals surface area contributed by atoms with Crippen LogP contribution < -0.4 is 11.1 Å². The molecular weight excluding hydrogens is 228 g/mol. The van der Waals surface area contributed by atoms with E-state index in [0.29, 0.717) is 5.82 Å². The van der Waals surface area contributed by atoms with Crippen LogP contribution in [0, 0.1) is 0 Å². The Labute approximate surface area is 109 Å². The number of hydrogen-bond donors (Lipinski definition) is 2. The van der Waals surface area contributed by atoms with E-state index in [4.69, 9.17) is 10.5 Å². The zero-order valence-corrected chi connectivity index (χ0v) is 11.9. The first kappa shape index (κ1) is 14.7. The number of rotatable bonds is 5. The molecule has 1 unspecified atom stereocenters. The molecule has 0 aliphatic heterocycles. The van der Waals surface area contributed by atoms with Crippen LogP contribution >= 0.6 is 0 Å². The molecular formula is C13H24N4O. The molecule has 0 spiro atoms. The molecule has 0 fully saturated rings. The number of ether oxygens (including phenoxy) is 1. The largest absolute Gasteiger partial charge is 0.385 e. The van der Waals surface area contributed by atoms with E-state index < -0.39 is 0 Å². The van der Waals surface area contributed by atoms with E-state index in [1.54, 1.807) is 13.2 Å². The lowest BCUT2D eigenvalue weighted by Gasteiger charge is -2.20. The maximum atomic E-state index is 5.82. The first-order chi connectivity index (χ1) is 8.32. The predicted molar refractivity (Wildman–Crippen MR) is 74.7 cm³/mol. The van der Waals surface area contributed by atoms with Gasteiger partial charge in [0.25, 0.3) is 0 Å². The van der Waals surface area contributed by atoms with Gasteiger partial charge in [0.15, 0.2) is 0 Å². The number of nitrogens with two attached hydrogens (primary N) is 1. The molecule has 0 bridgehead atoms. The molecule has 0 aliphatic carbocycles. The fraction of sp³-hybridized carbons (Fsp3) is 0.692. The van der Waals surface area contributed by atoms with Crippen LogP contribution in [0.15, 0.2) is 6.07 Å². The Morgan fingerprint density at radius 3 is 2.61 bits per heavy atom. The third-order valence-corrected chi connectivity index (χ3v) is 2.57. The molecule has 0 amide bonds. The number of nitrogen functional groups attached to an aromatic ring is 1. The van der Waals surface area contributed by atoms with E-state index in [1.165, 1.54) is 0 Å². The van der Waals surface area contributed by atoms with Gasteiger partial charge >= 0.3 is 0 Å². The van der Waals surface area contributed by atoms with Gasteiger partial charge in [-0.3, -0.25) is 0 Å². The normalized spacial score (nSPS) is 13.4. The third-order valence-electron chi connectivity index (χ3n) is 2.57. The van der Waals surface area contributed by atoms with E-state index in [0.717, 1.165) is 24.7 Å². The first-order valence-electron chi connectivity index (χ1n) is 6.23. The van der Waals surface area contributed by atoms with Gasteiger partial charge in [-0.2, -0.15) is 0 Å². The van der Waals surface area contributed by atoms with Crippen molar-refractivity contribution in [1.29, 1.82) is 0 Å². The maximum Gasteiger partial charge on any atom is 0.138 e. The molecule has 3 N–H and O–H groups in total. The minimum atomic E-state index is -0.110. The quantitative estimate of drug-likeness (QED) is 0.840. The molecule has 0 saturated carbocycles. The molecule has 5 heteroatoms. The van der Waals surface area contributed by atoms with E-state index in [-0.39, 0.29) is 11.5 Å². The van der Waals surface area contributed by atoms with Gasteiger partial charge < -0.3 is 15.8 Å². The third kappa shape index (κ3) is 4.49. The van der Waals surface area contributed by atoms with Gasteiger partial charge in [0.2, 0.25) is 0 Å². The number of nitrogens with one attached hydrogen (secondary N) is 1. The number of anilines is 2. The number of nitrogens with zero attached hydrogens (tertiary/aromatic N) is 2. The summed E-state index contributed by atoms with van der Waals surface area (Å²) in [6.07, 6.45) is 0.922. The van der Waals surface area contributed by atoms with Gasteiger partial charge in [0.1, 0.15) is 17.5 Å². The summed E-state index contributed by atoms with van der Waals surface area (Å²) >= 11 is 0. The maximum absolute atomic E-state index is 5.82. The van der Waals surface area contributed by atoms with Gasteiger partial charge in [0, 0.05) is 31.2 Å². The van der Waals surface area contributed by atoms with Gasteiger partial charge in [-0.15, -0.1) is 0 Å². The summed E-state index contributed by atoms with van der Waals surface area (Å²) in [6.45, 7) is 9.02. The summed E-state index contributed by atoms with van der Waals surface area (Å²) in [7, 11) is 1.70. The second kappa shape index (κ2) is 6.00. The van der Waals surface area contributed by atoms with Crippen molar-refractivity contribution >= 4 is 11.6 Å². The van der Waals surface area contributed by atoms with Crippen LogP contribution in [0.3, 0.4) is 0 Å². The molecule has 0 aromatic carbocycles. The summed E-state index contributed by atoms with van der Waals surface area (Å²) in [5.74, 6) is 2.02. The summed E-state index contributed by atoms with van der Waals surface area (Å²) in [6, 6.07) is 2.05. The van der Waals surface area contributed by atoms with E-state index >= 15 is 0 Å². The fourth-order valence-electron chi connectivity index (χ4n) is 1.49. The highest BCUT2D eigenvalue weighted by molar-refractivity contribution is 5.45. The van der Waals surface area contributed by atoms with Crippen molar-refractivity contribution < 1.29 is 4.74 Å². The zero-order valence-electron chi connectivity index (χ0n) is 11.9. The fourth-order valence-corrected chi connectivity index (χ4v) is 1.49. The van der Waals surface area contributed by atoms with Crippen LogP contribution in [0.25, 0.3) is 0 Å². The molecule has 18 heavy (non-hydrogen) atoms. The van der Waals surface area contributed by atoms with E-state index in [1.807, 2.05) is 0 Å². The molecule has 0 saturated heterocycles. The number of hydrogen-bond acceptors (Lipinski definition) is 5. The predicted octanol–water partition coefficient (Wildman–Crippen LogP) is 2.19. The van der Waals surface area contributed by atoms with Crippen LogP contribution in [0.2, 0.25) is 0 Å². The molecule has 1 aromatic rings. The van der Waals surface area contributed by atoms with Crippen molar-refractivity contribution in [3.63, 3.8) is 0 Å². The molecule has 1 rings (SSSR count). The summed E-state index contributed by atoms with van der Waals surface area (Å²) in [4.78, 5) is 8.79. The van der Waals surface area contributed by atoms with Crippen molar-refractivity contribution in [2.75, 3.05) is 24.8 Å². The molecule has 1 aromatic heterocycles. The van der Waals surface area contributed by atoms with Crippen LogP contribution in [-0.4, -0.2) is 29.7 Å². The van der Waals surface area contributed by atoms with Crippen LogP contribution in [0.5, 0.6) is 0 Å². The van der Waals surface area contributed by atoms with Crippen LogP contribution in [0.1, 0.15) is 39.9 Å². The Morgan fingerprint density at radius 1 is 1.39 bits per heavy atom. The highest BCUT2D eigenvalue weighted by Gasteiger charge is 2.19. The monoisotopic (exact) mass is 252 g/mol.